The number of carbonyl (C=O) groups is 1. The number of aliphatic hydroxyl groups is 1. The van der Waals surface area contributed by atoms with Gasteiger partial charge in [0.05, 0.1) is 12.6 Å². The molecule has 2 heterocycles. The smallest absolute Gasteiger partial charge is 0.277 e. The van der Waals surface area contributed by atoms with Crippen LogP contribution >= 0.6 is 0 Å². The van der Waals surface area contributed by atoms with E-state index in [4.69, 9.17) is 4.42 Å². The van der Waals surface area contributed by atoms with E-state index in [1.54, 1.807) is 0 Å². The van der Waals surface area contributed by atoms with Crippen molar-refractivity contribution in [3.05, 3.63) is 47.2 Å². The van der Waals surface area contributed by atoms with Crippen LogP contribution in [0.1, 0.15) is 40.9 Å². The lowest BCUT2D eigenvalue weighted by Gasteiger charge is -2.34. The molecule has 1 aromatic heterocycles. The number of hydrogen-bond donors (Lipinski definition) is 2. The molecule has 150 valence electrons. The quantitative estimate of drug-likeness (QED) is 0.792. The van der Waals surface area contributed by atoms with E-state index in [1.807, 2.05) is 13.0 Å². The molecule has 0 spiro atoms. The van der Waals surface area contributed by atoms with Gasteiger partial charge in [-0.25, -0.2) is 4.98 Å². The SMILES string of the molecule is CC(O)CN1CCN(Cc2nc(C(=O)Nc3ccc4c(c3)CCC4)co2)CC1. The van der Waals surface area contributed by atoms with Crippen molar-refractivity contribution < 1.29 is 14.3 Å². The number of carbonyl (C=O) groups excluding carboxylic acids is 1. The second-order valence-corrected chi connectivity index (χ2v) is 7.84. The summed E-state index contributed by atoms with van der Waals surface area (Å²) < 4.78 is 5.52. The Labute approximate surface area is 165 Å². The van der Waals surface area contributed by atoms with Gasteiger partial charge >= 0.3 is 0 Å². The predicted molar refractivity (Wildman–Crippen MR) is 106 cm³/mol. The van der Waals surface area contributed by atoms with Gasteiger partial charge in [-0.15, -0.1) is 0 Å². The Morgan fingerprint density at radius 1 is 1.21 bits per heavy atom. The van der Waals surface area contributed by atoms with Crippen LogP contribution in [-0.2, 0) is 19.4 Å². The molecule has 0 radical (unpaired) electrons. The largest absolute Gasteiger partial charge is 0.447 e. The highest BCUT2D eigenvalue weighted by atomic mass is 16.3. The van der Waals surface area contributed by atoms with Gasteiger partial charge in [-0.2, -0.15) is 0 Å². The minimum atomic E-state index is -0.301. The number of piperazine rings is 1. The number of β-amino-alcohol motifs (C(OH)–C–C–N with tert-alkyl or cyclic N) is 1. The Bertz CT molecular complexity index is 825. The third-order valence-electron chi connectivity index (χ3n) is 5.49. The fourth-order valence-corrected chi connectivity index (χ4v) is 4.03. The molecule has 2 N–H and O–H groups in total. The van der Waals surface area contributed by atoms with Crippen molar-refractivity contribution in [3.8, 4) is 0 Å². The molecular formula is C21H28N4O3. The fraction of sp³-hybridized carbons (Fsp3) is 0.524. The molecule has 4 rings (SSSR count). The summed E-state index contributed by atoms with van der Waals surface area (Å²) in [6, 6.07) is 6.12. The molecule has 2 aromatic rings. The zero-order valence-corrected chi connectivity index (χ0v) is 16.4. The first-order valence-electron chi connectivity index (χ1n) is 10.1. The third kappa shape index (κ3) is 4.60. The van der Waals surface area contributed by atoms with Crippen molar-refractivity contribution in [2.45, 2.75) is 38.8 Å². The number of fused-ring (bicyclic) bond motifs is 1. The second-order valence-electron chi connectivity index (χ2n) is 7.84. The van der Waals surface area contributed by atoms with Gasteiger partial charge in [-0.05, 0) is 49.4 Å². The van der Waals surface area contributed by atoms with Gasteiger partial charge in [0.2, 0.25) is 5.89 Å². The Hall–Kier alpha value is -2.22. The first-order valence-corrected chi connectivity index (χ1v) is 10.1. The number of aryl methyl sites for hydroxylation is 2. The van der Waals surface area contributed by atoms with E-state index in [2.05, 4.69) is 32.2 Å². The topological polar surface area (TPSA) is 81.8 Å². The minimum absolute atomic E-state index is 0.241. The average molecular weight is 384 g/mol. The molecular weight excluding hydrogens is 356 g/mol. The lowest BCUT2D eigenvalue weighted by atomic mass is 10.1. The standard InChI is InChI=1S/C21H28N4O3/c1-15(26)12-24-7-9-25(10-8-24)13-20-23-19(14-28-20)21(27)22-18-6-5-16-3-2-4-17(16)11-18/h5-6,11,14-15,26H,2-4,7-10,12-13H2,1H3,(H,22,27). The van der Waals surface area contributed by atoms with Gasteiger partial charge in [0.1, 0.15) is 6.26 Å². The van der Waals surface area contributed by atoms with E-state index in [1.165, 1.54) is 23.8 Å². The summed E-state index contributed by atoms with van der Waals surface area (Å²) in [7, 11) is 0. The highest BCUT2D eigenvalue weighted by Gasteiger charge is 2.21. The number of benzene rings is 1. The lowest BCUT2D eigenvalue weighted by molar-refractivity contribution is 0.0747. The van der Waals surface area contributed by atoms with E-state index < -0.39 is 0 Å². The molecule has 2 aliphatic rings. The summed E-state index contributed by atoms with van der Waals surface area (Å²) in [5, 5.41) is 12.4. The normalized spacial score (nSPS) is 18.8. The molecule has 0 bridgehead atoms. The van der Waals surface area contributed by atoms with Crippen molar-refractivity contribution in [1.29, 1.82) is 0 Å². The zero-order valence-electron chi connectivity index (χ0n) is 16.4. The van der Waals surface area contributed by atoms with Crippen molar-refractivity contribution in [2.24, 2.45) is 0 Å². The van der Waals surface area contributed by atoms with Crippen LogP contribution in [0, 0.1) is 0 Å². The Morgan fingerprint density at radius 2 is 1.96 bits per heavy atom. The lowest BCUT2D eigenvalue weighted by Crippen LogP contribution is -2.47. The molecule has 1 aliphatic carbocycles. The average Bonchev–Trinajstić information content (AvgIpc) is 3.32. The molecule has 1 atom stereocenters. The minimum Gasteiger partial charge on any atom is -0.447 e. The highest BCUT2D eigenvalue weighted by Crippen LogP contribution is 2.25. The molecule has 1 aliphatic heterocycles. The Balaban J connectivity index is 1.30. The van der Waals surface area contributed by atoms with Crippen LogP contribution in [0.15, 0.2) is 28.9 Å². The number of nitrogens with zero attached hydrogens (tertiary/aromatic N) is 3. The molecule has 7 heteroatoms. The monoisotopic (exact) mass is 384 g/mol. The van der Waals surface area contributed by atoms with Crippen LogP contribution in [0.25, 0.3) is 0 Å². The first-order chi connectivity index (χ1) is 13.6. The molecule has 28 heavy (non-hydrogen) atoms. The van der Waals surface area contributed by atoms with Crippen LogP contribution in [0.2, 0.25) is 0 Å². The Morgan fingerprint density at radius 3 is 2.75 bits per heavy atom. The molecule has 1 saturated heterocycles. The van der Waals surface area contributed by atoms with Crippen LogP contribution in [0.5, 0.6) is 0 Å². The number of aromatic nitrogens is 1. The van der Waals surface area contributed by atoms with E-state index in [-0.39, 0.29) is 12.0 Å². The van der Waals surface area contributed by atoms with Crippen LogP contribution in [-0.4, -0.2) is 64.6 Å². The van der Waals surface area contributed by atoms with Crippen molar-refractivity contribution in [1.82, 2.24) is 14.8 Å². The van der Waals surface area contributed by atoms with Gasteiger partial charge < -0.3 is 14.8 Å². The van der Waals surface area contributed by atoms with Gasteiger partial charge in [0.15, 0.2) is 5.69 Å². The number of oxazole rings is 1. The highest BCUT2D eigenvalue weighted by molar-refractivity contribution is 6.02. The van der Waals surface area contributed by atoms with E-state index in [9.17, 15) is 9.90 Å². The van der Waals surface area contributed by atoms with Gasteiger partial charge in [-0.3, -0.25) is 14.6 Å². The summed E-state index contributed by atoms with van der Waals surface area (Å²) >= 11 is 0. The van der Waals surface area contributed by atoms with Crippen molar-refractivity contribution in [3.63, 3.8) is 0 Å². The van der Waals surface area contributed by atoms with E-state index in [0.717, 1.165) is 44.7 Å². The molecule has 1 unspecified atom stereocenters. The Kier molecular flexibility index (Phi) is 5.75. The van der Waals surface area contributed by atoms with Crippen molar-refractivity contribution in [2.75, 3.05) is 38.0 Å². The van der Waals surface area contributed by atoms with Crippen LogP contribution in [0.4, 0.5) is 5.69 Å². The van der Waals surface area contributed by atoms with Gasteiger partial charge in [-0.1, -0.05) is 6.07 Å². The first kappa shape index (κ1) is 19.1. The number of anilines is 1. The van der Waals surface area contributed by atoms with Gasteiger partial charge in [0.25, 0.3) is 5.91 Å². The van der Waals surface area contributed by atoms with Crippen LogP contribution < -0.4 is 5.32 Å². The van der Waals surface area contributed by atoms with Crippen molar-refractivity contribution >= 4 is 11.6 Å². The molecule has 7 nitrogen and oxygen atoms in total. The van der Waals surface area contributed by atoms with E-state index in [0.29, 0.717) is 24.7 Å². The number of hydrogen-bond acceptors (Lipinski definition) is 6. The summed E-state index contributed by atoms with van der Waals surface area (Å²) in [6.07, 6.45) is 4.53. The molecule has 1 aromatic carbocycles. The van der Waals surface area contributed by atoms with Crippen LogP contribution in [0.3, 0.4) is 0 Å². The maximum Gasteiger partial charge on any atom is 0.277 e. The molecule has 1 fully saturated rings. The number of amides is 1. The van der Waals surface area contributed by atoms with E-state index >= 15 is 0 Å². The van der Waals surface area contributed by atoms with Gasteiger partial charge in [0, 0.05) is 38.4 Å². The number of aliphatic hydroxyl groups excluding tert-OH is 1. The summed E-state index contributed by atoms with van der Waals surface area (Å²) in [5.74, 6) is 0.317. The molecule has 1 amide bonds. The predicted octanol–water partition coefficient (Wildman–Crippen LogP) is 1.91. The maximum atomic E-state index is 12.5. The summed E-state index contributed by atoms with van der Waals surface area (Å²) in [4.78, 5) is 21.4. The fourth-order valence-electron chi connectivity index (χ4n) is 4.03. The maximum absolute atomic E-state index is 12.5. The second kappa shape index (κ2) is 8.43. The zero-order chi connectivity index (χ0) is 19.5. The number of rotatable bonds is 6. The molecule has 0 saturated carbocycles. The number of nitrogens with one attached hydrogen (secondary N) is 1. The summed E-state index contributed by atoms with van der Waals surface area (Å²) in [5.41, 5.74) is 3.83. The third-order valence-corrected chi connectivity index (χ3v) is 5.49. The summed E-state index contributed by atoms with van der Waals surface area (Å²) in [6.45, 7) is 6.73.